The third kappa shape index (κ3) is 4.72. The number of carbonyl (C=O) groups excluding carboxylic acids is 1. The first-order valence-electron chi connectivity index (χ1n) is 6.89. The average molecular weight is 317 g/mol. The third-order valence-electron chi connectivity index (χ3n) is 3.15. The molecule has 1 aromatic heterocycles. The minimum atomic E-state index is -0.214. The van der Waals surface area contributed by atoms with Crippen molar-refractivity contribution in [1.82, 2.24) is 5.32 Å². The quantitative estimate of drug-likeness (QED) is 0.797. The van der Waals surface area contributed by atoms with Gasteiger partial charge in [0.25, 0.3) is 0 Å². The number of rotatable bonds is 7. The lowest BCUT2D eigenvalue weighted by atomic mass is 10.1. The molecule has 5 heteroatoms. The second-order valence-electron chi connectivity index (χ2n) is 4.59. The Morgan fingerprint density at radius 1 is 1.32 bits per heavy atom. The summed E-state index contributed by atoms with van der Waals surface area (Å²) in [5, 5.41) is 4.82. The highest BCUT2D eigenvalue weighted by Crippen LogP contribution is 2.21. The molecule has 0 saturated carbocycles. The third-order valence-corrected chi connectivity index (χ3v) is 3.99. The molecule has 0 fully saturated rings. The van der Waals surface area contributed by atoms with Crippen LogP contribution < -0.4 is 10.1 Å². The molecule has 1 aromatic carbocycles. The second kappa shape index (κ2) is 8.36. The fourth-order valence-corrected chi connectivity index (χ4v) is 2.59. The van der Waals surface area contributed by atoms with Crippen LogP contribution in [0.4, 0.5) is 0 Å². The predicted octanol–water partition coefficient (Wildman–Crippen LogP) is 3.27. The van der Waals surface area contributed by atoms with Gasteiger partial charge in [-0.25, -0.2) is 0 Å². The highest BCUT2D eigenvalue weighted by Gasteiger charge is 2.12. The number of benzene rings is 1. The number of ether oxygens (including phenoxy) is 2. The lowest BCUT2D eigenvalue weighted by Crippen LogP contribution is -2.27. The van der Waals surface area contributed by atoms with E-state index in [1.807, 2.05) is 41.8 Å². The van der Waals surface area contributed by atoms with Gasteiger partial charge in [-0.2, -0.15) is 0 Å². The van der Waals surface area contributed by atoms with Crippen LogP contribution in [0.5, 0.6) is 5.75 Å². The Bertz CT molecular complexity index is 623. The smallest absolute Gasteiger partial charge is 0.244 e. The highest BCUT2D eigenvalue weighted by atomic mass is 32.1. The van der Waals surface area contributed by atoms with E-state index >= 15 is 0 Å². The monoisotopic (exact) mass is 317 g/mol. The number of hydrogen-bond donors (Lipinski definition) is 1. The van der Waals surface area contributed by atoms with Crippen LogP contribution in [0.1, 0.15) is 16.5 Å². The number of thiophene rings is 1. The van der Waals surface area contributed by atoms with Crippen molar-refractivity contribution >= 4 is 23.3 Å². The van der Waals surface area contributed by atoms with E-state index in [1.54, 1.807) is 31.6 Å². The molecule has 0 aliphatic heterocycles. The first-order valence-corrected chi connectivity index (χ1v) is 7.77. The van der Waals surface area contributed by atoms with E-state index in [0.29, 0.717) is 6.54 Å². The van der Waals surface area contributed by atoms with Gasteiger partial charge in [0, 0.05) is 24.6 Å². The van der Waals surface area contributed by atoms with E-state index < -0.39 is 0 Å². The molecule has 1 unspecified atom stereocenters. The molecule has 0 radical (unpaired) electrons. The minimum Gasteiger partial charge on any atom is -0.497 e. The van der Waals surface area contributed by atoms with Crippen molar-refractivity contribution in [3.63, 3.8) is 0 Å². The molecule has 0 aliphatic carbocycles. The van der Waals surface area contributed by atoms with Gasteiger partial charge in [-0.05, 0) is 35.2 Å². The maximum Gasteiger partial charge on any atom is 0.244 e. The molecule has 1 heterocycles. The van der Waals surface area contributed by atoms with Crippen LogP contribution in [-0.2, 0) is 9.53 Å². The SMILES string of the molecule is COc1cccc(C(CNC(=O)C=Cc2cccs2)OC)c1. The number of nitrogens with one attached hydrogen (secondary N) is 1. The van der Waals surface area contributed by atoms with E-state index in [-0.39, 0.29) is 12.0 Å². The molecule has 0 spiro atoms. The van der Waals surface area contributed by atoms with E-state index in [9.17, 15) is 4.79 Å². The molecule has 4 nitrogen and oxygen atoms in total. The van der Waals surface area contributed by atoms with Gasteiger partial charge in [0.2, 0.25) is 5.91 Å². The molecule has 0 saturated heterocycles. The molecular weight excluding hydrogens is 298 g/mol. The van der Waals surface area contributed by atoms with E-state index in [1.165, 1.54) is 6.08 Å². The molecule has 1 atom stereocenters. The van der Waals surface area contributed by atoms with Gasteiger partial charge < -0.3 is 14.8 Å². The zero-order chi connectivity index (χ0) is 15.8. The first-order chi connectivity index (χ1) is 10.7. The van der Waals surface area contributed by atoms with Gasteiger partial charge in [-0.3, -0.25) is 4.79 Å². The molecule has 1 amide bonds. The predicted molar refractivity (Wildman–Crippen MR) is 89.1 cm³/mol. The lowest BCUT2D eigenvalue weighted by molar-refractivity contribution is -0.117. The van der Waals surface area contributed by atoms with Gasteiger partial charge in [0.05, 0.1) is 13.2 Å². The summed E-state index contributed by atoms with van der Waals surface area (Å²) in [6.45, 7) is 0.400. The van der Waals surface area contributed by atoms with Gasteiger partial charge in [-0.15, -0.1) is 11.3 Å². The van der Waals surface area contributed by atoms with Crippen molar-refractivity contribution in [3.05, 3.63) is 58.3 Å². The van der Waals surface area contributed by atoms with Crippen molar-refractivity contribution in [2.45, 2.75) is 6.10 Å². The summed E-state index contributed by atoms with van der Waals surface area (Å²) in [7, 11) is 3.25. The van der Waals surface area contributed by atoms with Gasteiger partial charge in [0.1, 0.15) is 5.75 Å². The Morgan fingerprint density at radius 2 is 2.18 bits per heavy atom. The zero-order valence-electron chi connectivity index (χ0n) is 12.6. The fourth-order valence-electron chi connectivity index (χ4n) is 1.98. The summed E-state index contributed by atoms with van der Waals surface area (Å²) in [6, 6.07) is 11.5. The van der Waals surface area contributed by atoms with Crippen LogP contribution >= 0.6 is 11.3 Å². The molecule has 1 N–H and O–H groups in total. The summed E-state index contributed by atoms with van der Waals surface area (Å²) in [6.07, 6.45) is 3.12. The molecule has 0 aliphatic rings. The van der Waals surface area contributed by atoms with Crippen LogP contribution in [-0.4, -0.2) is 26.7 Å². The maximum atomic E-state index is 11.8. The largest absolute Gasteiger partial charge is 0.497 e. The fraction of sp³-hybridized carbons (Fsp3) is 0.235. The highest BCUT2D eigenvalue weighted by molar-refractivity contribution is 7.10. The van der Waals surface area contributed by atoms with Gasteiger partial charge in [-0.1, -0.05) is 18.2 Å². The Kier molecular flexibility index (Phi) is 6.18. The number of methoxy groups -OCH3 is 2. The maximum absolute atomic E-state index is 11.8. The Hall–Kier alpha value is -2.11. The Morgan fingerprint density at radius 3 is 2.86 bits per heavy atom. The van der Waals surface area contributed by atoms with Crippen molar-refractivity contribution in [1.29, 1.82) is 0 Å². The summed E-state index contributed by atoms with van der Waals surface area (Å²) in [5.41, 5.74) is 0.962. The van der Waals surface area contributed by atoms with Crippen molar-refractivity contribution < 1.29 is 14.3 Å². The summed E-state index contributed by atoms with van der Waals surface area (Å²) in [4.78, 5) is 12.9. The molecular formula is C17H19NO3S. The topological polar surface area (TPSA) is 47.6 Å². The normalized spacial score (nSPS) is 12.3. The Balaban J connectivity index is 1.91. The van der Waals surface area contributed by atoms with Gasteiger partial charge in [0.15, 0.2) is 0 Å². The minimum absolute atomic E-state index is 0.140. The van der Waals surface area contributed by atoms with E-state index in [2.05, 4.69) is 5.32 Å². The lowest BCUT2D eigenvalue weighted by Gasteiger charge is -2.16. The van der Waals surface area contributed by atoms with Crippen molar-refractivity contribution in [2.24, 2.45) is 0 Å². The number of carbonyl (C=O) groups is 1. The molecule has 2 aromatic rings. The average Bonchev–Trinajstić information content (AvgIpc) is 3.07. The van der Waals surface area contributed by atoms with Crippen LogP contribution in [0.2, 0.25) is 0 Å². The first kappa shape index (κ1) is 16.3. The molecule has 2 rings (SSSR count). The van der Waals surface area contributed by atoms with E-state index in [4.69, 9.17) is 9.47 Å². The summed E-state index contributed by atoms with van der Waals surface area (Å²) in [5.74, 6) is 0.627. The second-order valence-corrected chi connectivity index (χ2v) is 5.57. The van der Waals surface area contributed by atoms with Crippen LogP contribution in [0.25, 0.3) is 6.08 Å². The summed E-state index contributed by atoms with van der Waals surface area (Å²) >= 11 is 1.59. The van der Waals surface area contributed by atoms with E-state index in [0.717, 1.165) is 16.2 Å². The van der Waals surface area contributed by atoms with Crippen molar-refractivity contribution in [3.8, 4) is 5.75 Å². The van der Waals surface area contributed by atoms with Crippen molar-refractivity contribution in [2.75, 3.05) is 20.8 Å². The number of amides is 1. The van der Waals surface area contributed by atoms with Crippen LogP contribution in [0.3, 0.4) is 0 Å². The number of hydrogen-bond acceptors (Lipinski definition) is 4. The van der Waals surface area contributed by atoms with Crippen LogP contribution in [0.15, 0.2) is 47.9 Å². The molecule has 0 bridgehead atoms. The molecule has 22 heavy (non-hydrogen) atoms. The molecule has 116 valence electrons. The summed E-state index contributed by atoms with van der Waals surface area (Å²) < 4.78 is 10.6. The zero-order valence-corrected chi connectivity index (χ0v) is 13.4. The standard InChI is InChI=1S/C17H19NO3S/c1-20-14-6-3-5-13(11-14)16(21-2)12-18-17(19)9-8-15-7-4-10-22-15/h3-11,16H,12H2,1-2H3,(H,18,19). The van der Waals surface area contributed by atoms with Crippen LogP contribution in [0, 0.1) is 0 Å². The van der Waals surface area contributed by atoms with Gasteiger partial charge >= 0.3 is 0 Å². The Labute approximate surface area is 134 Å².